The highest BCUT2D eigenvalue weighted by molar-refractivity contribution is 5.84. The second kappa shape index (κ2) is 8.26. The van der Waals surface area contributed by atoms with Gasteiger partial charge in [0.25, 0.3) is 6.43 Å². The number of aromatic nitrogens is 5. The molecule has 7 nitrogen and oxygen atoms in total. The molecule has 3 heterocycles. The summed E-state index contributed by atoms with van der Waals surface area (Å²) in [6.45, 7) is 10.8. The average molecular weight is 404 g/mol. The number of alkyl halides is 2. The van der Waals surface area contributed by atoms with Crippen molar-refractivity contribution < 1.29 is 13.6 Å². The van der Waals surface area contributed by atoms with Crippen molar-refractivity contribution in [3.05, 3.63) is 40.5 Å². The number of carbonyl (C=O) groups is 1. The predicted octanol–water partition coefficient (Wildman–Crippen LogP) is 3.56. The first-order valence-electron chi connectivity index (χ1n) is 9.68. The van der Waals surface area contributed by atoms with Crippen molar-refractivity contribution in [1.82, 2.24) is 29.4 Å². The summed E-state index contributed by atoms with van der Waals surface area (Å²) in [6, 6.07) is 1.38. The molecule has 0 atom stereocenters. The van der Waals surface area contributed by atoms with Crippen LogP contribution in [0.2, 0.25) is 0 Å². The molecule has 0 saturated carbocycles. The molecular weight excluding hydrogens is 378 g/mol. The molecule has 0 aliphatic heterocycles. The first kappa shape index (κ1) is 20.9. The van der Waals surface area contributed by atoms with E-state index < -0.39 is 6.43 Å². The van der Waals surface area contributed by atoms with E-state index in [0.29, 0.717) is 35.5 Å². The number of halogens is 2. The lowest BCUT2D eigenvalue weighted by molar-refractivity contribution is -0.132. The molecule has 0 spiro atoms. The molecule has 3 aromatic rings. The van der Waals surface area contributed by atoms with E-state index in [1.165, 1.54) is 10.7 Å². The highest BCUT2D eigenvalue weighted by Gasteiger charge is 2.22. The van der Waals surface area contributed by atoms with Crippen LogP contribution in [-0.4, -0.2) is 41.9 Å². The molecule has 0 fully saturated rings. The zero-order valence-electron chi connectivity index (χ0n) is 17.4. The van der Waals surface area contributed by atoms with Crippen LogP contribution in [0.4, 0.5) is 8.78 Å². The lowest BCUT2D eigenvalue weighted by atomic mass is 10.1. The number of pyridine rings is 1. The van der Waals surface area contributed by atoms with E-state index >= 15 is 0 Å². The average Bonchev–Trinajstić information content (AvgIpc) is 3.18. The Morgan fingerprint density at radius 2 is 1.90 bits per heavy atom. The van der Waals surface area contributed by atoms with E-state index in [2.05, 4.69) is 15.2 Å². The van der Waals surface area contributed by atoms with Gasteiger partial charge >= 0.3 is 0 Å². The van der Waals surface area contributed by atoms with Crippen LogP contribution in [0.5, 0.6) is 0 Å². The monoisotopic (exact) mass is 404 g/mol. The van der Waals surface area contributed by atoms with Gasteiger partial charge in [-0.05, 0) is 40.7 Å². The van der Waals surface area contributed by atoms with Crippen molar-refractivity contribution in [3.63, 3.8) is 0 Å². The fraction of sp³-hybridized carbons (Fsp3) is 0.500. The van der Waals surface area contributed by atoms with Gasteiger partial charge in [0, 0.05) is 42.7 Å². The number of rotatable bonds is 7. The van der Waals surface area contributed by atoms with Gasteiger partial charge in [0.15, 0.2) is 5.65 Å². The summed E-state index contributed by atoms with van der Waals surface area (Å²) in [5.74, 6) is -0.151. The Kier molecular flexibility index (Phi) is 5.95. The fourth-order valence-corrected chi connectivity index (χ4v) is 3.49. The number of nitrogens with zero attached hydrogens (tertiary/aromatic N) is 6. The minimum absolute atomic E-state index is 0.0573. The van der Waals surface area contributed by atoms with Crippen LogP contribution < -0.4 is 0 Å². The van der Waals surface area contributed by atoms with E-state index in [0.717, 1.165) is 17.8 Å². The predicted molar refractivity (Wildman–Crippen MR) is 106 cm³/mol. The number of hydrogen-bond donors (Lipinski definition) is 0. The van der Waals surface area contributed by atoms with Crippen LogP contribution in [-0.2, 0) is 24.4 Å². The molecule has 1 amide bonds. The number of amides is 1. The standard InChI is InChI=1S/C20H26F2N6O/c1-6-26(9-15-10-27(7-2)24-13(15)4)17(29)11-28-20-18(14(5)25-28)16(19(21)22)8-12(3)23-20/h8,10,19H,6-7,9,11H2,1-5H3. The fourth-order valence-electron chi connectivity index (χ4n) is 3.49. The summed E-state index contributed by atoms with van der Waals surface area (Å²) in [5.41, 5.74) is 3.00. The molecular formula is C20H26F2N6O. The van der Waals surface area contributed by atoms with Crippen molar-refractivity contribution in [2.75, 3.05) is 6.54 Å². The number of fused-ring (bicyclic) bond motifs is 1. The molecule has 0 N–H and O–H groups in total. The van der Waals surface area contributed by atoms with Gasteiger partial charge in [0.05, 0.1) is 16.8 Å². The van der Waals surface area contributed by atoms with Crippen LogP contribution in [0.15, 0.2) is 12.3 Å². The maximum absolute atomic E-state index is 13.5. The second-order valence-corrected chi connectivity index (χ2v) is 7.10. The van der Waals surface area contributed by atoms with Gasteiger partial charge in [0.1, 0.15) is 6.54 Å². The zero-order valence-corrected chi connectivity index (χ0v) is 17.4. The number of hydrogen-bond acceptors (Lipinski definition) is 4. The Morgan fingerprint density at radius 3 is 2.48 bits per heavy atom. The Morgan fingerprint density at radius 1 is 1.17 bits per heavy atom. The Bertz CT molecular complexity index is 1040. The SMILES string of the molecule is CCN(Cc1cn(CC)nc1C)C(=O)Cn1nc(C)c2c(C(F)F)cc(C)nc21. The van der Waals surface area contributed by atoms with Gasteiger partial charge in [0.2, 0.25) is 5.91 Å². The summed E-state index contributed by atoms with van der Waals surface area (Å²) in [6.07, 6.45) is -0.685. The minimum Gasteiger partial charge on any atom is -0.337 e. The summed E-state index contributed by atoms with van der Waals surface area (Å²) in [4.78, 5) is 19.0. The Labute approximate surface area is 168 Å². The van der Waals surface area contributed by atoms with Crippen molar-refractivity contribution in [2.24, 2.45) is 0 Å². The summed E-state index contributed by atoms with van der Waals surface area (Å²) in [7, 11) is 0. The number of likely N-dealkylation sites (N-methyl/N-ethyl adjacent to an activating group) is 1. The number of aryl methyl sites for hydroxylation is 4. The molecule has 0 bridgehead atoms. The summed E-state index contributed by atoms with van der Waals surface area (Å²) in [5, 5.41) is 9.07. The van der Waals surface area contributed by atoms with Crippen LogP contribution in [0.1, 0.15) is 48.5 Å². The molecule has 156 valence electrons. The minimum atomic E-state index is -2.63. The lowest BCUT2D eigenvalue weighted by Gasteiger charge is -2.20. The van der Waals surface area contributed by atoms with Gasteiger partial charge in [-0.1, -0.05) is 0 Å². The molecule has 29 heavy (non-hydrogen) atoms. The van der Waals surface area contributed by atoms with E-state index in [1.807, 2.05) is 31.6 Å². The van der Waals surface area contributed by atoms with Crippen molar-refractivity contribution >= 4 is 16.9 Å². The van der Waals surface area contributed by atoms with Crippen molar-refractivity contribution in [2.45, 2.75) is 60.7 Å². The van der Waals surface area contributed by atoms with E-state index in [9.17, 15) is 13.6 Å². The smallest absolute Gasteiger partial charge is 0.264 e. The molecule has 9 heteroatoms. The third-order valence-corrected chi connectivity index (χ3v) is 5.02. The molecule has 0 aromatic carbocycles. The quantitative estimate of drug-likeness (QED) is 0.604. The first-order valence-corrected chi connectivity index (χ1v) is 9.68. The molecule has 3 aromatic heterocycles. The molecule has 0 radical (unpaired) electrons. The molecule has 0 unspecified atom stereocenters. The largest absolute Gasteiger partial charge is 0.337 e. The van der Waals surface area contributed by atoms with Gasteiger partial charge in [-0.25, -0.2) is 18.4 Å². The van der Waals surface area contributed by atoms with Gasteiger partial charge in [-0.2, -0.15) is 10.2 Å². The first-order chi connectivity index (χ1) is 13.7. The topological polar surface area (TPSA) is 68.8 Å². The zero-order chi connectivity index (χ0) is 21.3. The van der Waals surface area contributed by atoms with Crippen LogP contribution in [0, 0.1) is 20.8 Å². The highest BCUT2D eigenvalue weighted by atomic mass is 19.3. The highest BCUT2D eigenvalue weighted by Crippen LogP contribution is 2.30. The normalized spacial score (nSPS) is 11.6. The third-order valence-electron chi connectivity index (χ3n) is 5.02. The number of carbonyl (C=O) groups excluding carboxylic acids is 1. The van der Waals surface area contributed by atoms with Gasteiger partial charge in [-0.3, -0.25) is 9.48 Å². The summed E-state index contributed by atoms with van der Waals surface area (Å²) < 4.78 is 30.2. The molecule has 3 rings (SSSR count). The van der Waals surface area contributed by atoms with E-state index in [-0.39, 0.29) is 18.0 Å². The second-order valence-electron chi connectivity index (χ2n) is 7.10. The van der Waals surface area contributed by atoms with E-state index in [1.54, 1.807) is 18.7 Å². The third kappa shape index (κ3) is 4.13. The van der Waals surface area contributed by atoms with Crippen LogP contribution in [0.25, 0.3) is 11.0 Å². The summed E-state index contributed by atoms with van der Waals surface area (Å²) >= 11 is 0. The Hall–Kier alpha value is -2.84. The van der Waals surface area contributed by atoms with Crippen molar-refractivity contribution in [1.29, 1.82) is 0 Å². The maximum atomic E-state index is 13.5. The van der Waals surface area contributed by atoms with E-state index in [4.69, 9.17) is 0 Å². The van der Waals surface area contributed by atoms with Gasteiger partial charge < -0.3 is 4.90 Å². The van der Waals surface area contributed by atoms with Crippen LogP contribution >= 0.6 is 0 Å². The molecule has 0 aliphatic rings. The Balaban J connectivity index is 1.89. The van der Waals surface area contributed by atoms with Crippen LogP contribution in [0.3, 0.4) is 0 Å². The molecule has 0 aliphatic carbocycles. The molecule has 0 saturated heterocycles. The van der Waals surface area contributed by atoms with Crippen molar-refractivity contribution in [3.8, 4) is 0 Å². The lowest BCUT2D eigenvalue weighted by Crippen LogP contribution is -2.33. The maximum Gasteiger partial charge on any atom is 0.264 e. The van der Waals surface area contributed by atoms with Gasteiger partial charge in [-0.15, -0.1) is 0 Å².